The van der Waals surface area contributed by atoms with E-state index in [0.717, 1.165) is 0 Å². The molecule has 67 heavy (non-hydrogen) atoms. The van der Waals surface area contributed by atoms with E-state index in [0.29, 0.717) is 34.4 Å². The fourth-order valence-electron chi connectivity index (χ4n) is 10.0. The highest BCUT2D eigenvalue weighted by molar-refractivity contribution is 5.84. The van der Waals surface area contributed by atoms with Crippen LogP contribution in [-0.2, 0) is 44.6 Å². The summed E-state index contributed by atoms with van der Waals surface area (Å²) in [6, 6.07) is 3.99. The standard InChI is InChI=1S/C48H75NO18/c1-23-19-46(7,56)43(67-45-38(52)31(49(10)11)15-24(2)62-45)26(4)40(66-37-20-47(8,60-14)42(54)28(6)63-37)27(5)44(55)65-35(21-50)48(9,57)41(53)25(3)39(23)61-22-29-16-36(51)64-32-18-34(59-13)33(58-12)17-30(29)32/h16-18,24-28,31,35,37-38,40-43,45,50,52-54,56-57H,15,19-22H2,1-14H3/b39-23+/t24-,25+,26+,27-,28+,31+,35-,37?,38-,40+,41-,42+,43-,45?,46-,47-,48-/m1/s1. The molecule has 0 radical (unpaired) electrons. The van der Waals surface area contributed by atoms with Crippen molar-refractivity contribution in [3.63, 3.8) is 0 Å². The highest BCUT2D eigenvalue weighted by Gasteiger charge is 2.53. The van der Waals surface area contributed by atoms with Gasteiger partial charge in [0, 0.05) is 60.9 Å². The van der Waals surface area contributed by atoms with Crippen molar-refractivity contribution in [3.8, 4) is 11.5 Å². The van der Waals surface area contributed by atoms with E-state index >= 15 is 0 Å². The van der Waals surface area contributed by atoms with Gasteiger partial charge in [-0.15, -0.1) is 0 Å². The molecular formula is C48H75NO18. The van der Waals surface area contributed by atoms with Gasteiger partial charge >= 0.3 is 11.6 Å². The van der Waals surface area contributed by atoms with Crippen LogP contribution in [0.2, 0.25) is 0 Å². The molecule has 0 spiro atoms. The van der Waals surface area contributed by atoms with Crippen LogP contribution in [0.5, 0.6) is 11.5 Å². The number of aliphatic hydroxyl groups is 6. The predicted octanol–water partition coefficient (Wildman–Crippen LogP) is 2.78. The Bertz CT molecular complexity index is 2090. The third-order valence-electron chi connectivity index (χ3n) is 14.1. The van der Waals surface area contributed by atoms with Crippen LogP contribution in [0.15, 0.2) is 38.7 Å². The van der Waals surface area contributed by atoms with Gasteiger partial charge in [0.05, 0.1) is 68.5 Å². The van der Waals surface area contributed by atoms with Crippen LogP contribution in [0.1, 0.15) is 87.1 Å². The molecule has 2 fully saturated rings. The predicted molar refractivity (Wildman–Crippen MR) is 242 cm³/mol. The average molecular weight is 954 g/mol. The maximum atomic E-state index is 14.4. The number of carbonyl (C=O) groups is 1. The number of fused-ring (bicyclic) bond motifs is 1. The van der Waals surface area contributed by atoms with Gasteiger partial charge in [-0.3, -0.25) is 4.79 Å². The highest BCUT2D eigenvalue weighted by atomic mass is 16.7. The number of hydrogen-bond acceptors (Lipinski definition) is 19. The Morgan fingerprint density at radius 1 is 0.866 bits per heavy atom. The zero-order valence-corrected chi connectivity index (χ0v) is 41.4. The maximum Gasteiger partial charge on any atom is 0.336 e. The van der Waals surface area contributed by atoms with Crippen LogP contribution in [0.3, 0.4) is 0 Å². The van der Waals surface area contributed by atoms with Gasteiger partial charge in [0.2, 0.25) is 0 Å². The zero-order chi connectivity index (χ0) is 50.1. The lowest BCUT2D eigenvalue weighted by molar-refractivity contribution is -0.317. The van der Waals surface area contributed by atoms with Crippen molar-refractivity contribution in [1.82, 2.24) is 4.90 Å². The number of hydrogen-bond donors (Lipinski definition) is 6. The number of methoxy groups -OCH3 is 3. The summed E-state index contributed by atoms with van der Waals surface area (Å²) in [4.78, 5) is 29.2. The molecule has 0 bridgehead atoms. The Labute approximate surface area is 392 Å². The molecule has 0 saturated carbocycles. The van der Waals surface area contributed by atoms with Crippen molar-refractivity contribution in [2.75, 3.05) is 42.0 Å². The first-order chi connectivity index (χ1) is 31.2. The number of rotatable bonds is 12. The van der Waals surface area contributed by atoms with Gasteiger partial charge in [-0.2, -0.15) is 0 Å². The molecule has 17 atom stereocenters. The molecule has 3 aliphatic heterocycles. The monoisotopic (exact) mass is 953 g/mol. The van der Waals surface area contributed by atoms with E-state index < -0.39 is 114 Å². The van der Waals surface area contributed by atoms with Crippen LogP contribution in [0, 0.1) is 17.8 Å². The second-order valence-corrected chi connectivity index (χ2v) is 19.6. The van der Waals surface area contributed by atoms with E-state index in [9.17, 15) is 40.2 Å². The molecule has 2 unspecified atom stereocenters. The quantitative estimate of drug-likeness (QED) is 0.132. The van der Waals surface area contributed by atoms with Crippen LogP contribution >= 0.6 is 0 Å². The lowest BCUT2D eigenvalue weighted by Gasteiger charge is -2.49. The van der Waals surface area contributed by atoms with E-state index in [2.05, 4.69) is 0 Å². The highest BCUT2D eigenvalue weighted by Crippen LogP contribution is 2.42. The second-order valence-electron chi connectivity index (χ2n) is 19.6. The summed E-state index contributed by atoms with van der Waals surface area (Å²) in [7, 11) is 8.02. The third kappa shape index (κ3) is 11.6. The number of ether oxygens (including phenoxy) is 9. The second kappa shape index (κ2) is 21.7. The van der Waals surface area contributed by atoms with Crippen LogP contribution in [0.25, 0.3) is 11.0 Å². The molecule has 19 nitrogen and oxygen atoms in total. The minimum Gasteiger partial charge on any atom is -0.493 e. The van der Waals surface area contributed by atoms with E-state index in [1.807, 2.05) is 25.9 Å². The van der Waals surface area contributed by atoms with Gasteiger partial charge in [-0.25, -0.2) is 4.79 Å². The number of aliphatic hydroxyl groups excluding tert-OH is 4. The zero-order valence-electron chi connectivity index (χ0n) is 41.4. The first kappa shape index (κ1) is 54.5. The van der Waals surface area contributed by atoms with Gasteiger partial charge < -0.3 is 82.6 Å². The number of esters is 1. The molecule has 6 N–H and O–H groups in total. The first-order valence-electron chi connectivity index (χ1n) is 22.9. The van der Waals surface area contributed by atoms with Crippen molar-refractivity contribution in [3.05, 3.63) is 45.5 Å². The molecule has 380 valence electrons. The lowest BCUT2D eigenvalue weighted by atomic mass is 9.77. The minimum absolute atomic E-state index is 0.0218. The Kier molecular flexibility index (Phi) is 17.6. The summed E-state index contributed by atoms with van der Waals surface area (Å²) >= 11 is 0. The van der Waals surface area contributed by atoms with E-state index in [-0.39, 0.29) is 36.9 Å². The largest absolute Gasteiger partial charge is 0.493 e. The summed E-state index contributed by atoms with van der Waals surface area (Å²) in [5.74, 6) is -3.50. The molecule has 2 saturated heterocycles. The average Bonchev–Trinajstić information content (AvgIpc) is 3.26. The van der Waals surface area contributed by atoms with Gasteiger partial charge in [0.1, 0.15) is 35.8 Å². The number of benzene rings is 1. The lowest BCUT2D eigenvalue weighted by Crippen LogP contribution is -2.60. The Balaban J connectivity index is 1.69. The number of likely N-dealkylation sites (N-methyl/N-ethyl adjacent to an activating group) is 1. The summed E-state index contributed by atoms with van der Waals surface area (Å²) in [6.45, 7) is 13.2. The van der Waals surface area contributed by atoms with Crippen LogP contribution < -0.4 is 15.1 Å². The maximum absolute atomic E-state index is 14.4. The number of nitrogens with zero attached hydrogens (tertiary/aromatic N) is 1. The molecule has 5 rings (SSSR count). The molecule has 3 aliphatic rings. The normalized spacial score (nSPS) is 40.6. The van der Waals surface area contributed by atoms with Gasteiger partial charge in [-0.1, -0.05) is 13.8 Å². The Morgan fingerprint density at radius 3 is 2.10 bits per heavy atom. The van der Waals surface area contributed by atoms with E-state index in [1.54, 1.807) is 40.7 Å². The van der Waals surface area contributed by atoms with Crippen LogP contribution in [-0.4, -0.2) is 168 Å². The summed E-state index contributed by atoms with van der Waals surface area (Å²) in [5.41, 5.74) is -5.13. The van der Waals surface area contributed by atoms with Gasteiger partial charge in [-0.05, 0) is 80.6 Å². The molecule has 0 aliphatic carbocycles. The fraction of sp³-hybridized carbons (Fsp3) is 0.750. The van der Waals surface area contributed by atoms with Crippen molar-refractivity contribution in [1.29, 1.82) is 0 Å². The van der Waals surface area contributed by atoms with E-state index in [4.69, 9.17) is 47.0 Å². The molecule has 1 aromatic carbocycles. The number of carbonyl (C=O) groups excluding carboxylic acids is 1. The van der Waals surface area contributed by atoms with Gasteiger partial charge in [0.15, 0.2) is 30.2 Å². The van der Waals surface area contributed by atoms with Gasteiger partial charge in [0.25, 0.3) is 0 Å². The van der Waals surface area contributed by atoms with Crippen molar-refractivity contribution in [2.45, 2.75) is 172 Å². The molecule has 4 heterocycles. The minimum atomic E-state index is -2.31. The SMILES string of the molecule is COc1cc2oc(=O)cc(CO/C3=C(\C)C[C@@](C)(O)[C@H](OC4O[C@H](C)C[C@H](N(C)C)[C@H]4O)[C@@H](C)[C@H](OC4C[C@@](C)(OC)[C@@H](O)[C@H](C)O4)[C@@H](C)C(=O)O[C@H](CO)[C@@](C)(O)[C@H](O)[C@H]3C)c2cc1OC. The first-order valence-corrected chi connectivity index (χ1v) is 22.9. The van der Waals surface area contributed by atoms with Crippen molar-refractivity contribution >= 4 is 16.9 Å². The summed E-state index contributed by atoms with van der Waals surface area (Å²) in [5, 5.41) is 71.1. The summed E-state index contributed by atoms with van der Waals surface area (Å²) in [6.07, 6.45) is -11.5. The van der Waals surface area contributed by atoms with Crippen molar-refractivity contribution < 1.29 is 82.5 Å². The molecule has 1 aromatic heterocycles. The molecular weight excluding hydrogens is 879 g/mol. The summed E-state index contributed by atoms with van der Waals surface area (Å²) < 4.78 is 60.5. The Hall–Kier alpha value is -3.44. The number of cyclic esters (lactones) is 1. The third-order valence-corrected chi connectivity index (χ3v) is 14.1. The smallest absolute Gasteiger partial charge is 0.336 e. The fourth-order valence-corrected chi connectivity index (χ4v) is 10.0. The van der Waals surface area contributed by atoms with Crippen molar-refractivity contribution in [2.24, 2.45) is 17.8 Å². The molecule has 2 aromatic rings. The molecule has 0 amide bonds. The van der Waals surface area contributed by atoms with E-state index in [1.165, 1.54) is 54.2 Å². The molecule has 19 heteroatoms. The topological polar surface area (TPSA) is 255 Å². The Morgan fingerprint density at radius 2 is 1.51 bits per heavy atom. The van der Waals surface area contributed by atoms with Crippen LogP contribution in [0.4, 0.5) is 0 Å².